The smallest absolute Gasteiger partial charge is 0.190 e. The van der Waals surface area contributed by atoms with Crippen molar-refractivity contribution >= 4 is 54.9 Å². The van der Waals surface area contributed by atoms with E-state index in [-0.39, 0.29) is 0 Å². The number of nitrogens with zero attached hydrogens (tertiary/aromatic N) is 2. The number of hydrogen-bond acceptors (Lipinski definition) is 8. The van der Waals surface area contributed by atoms with Gasteiger partial charge in [-0.3, -0.25) is 0 Å². The van der Waals surface area contributed by atoms with Crippen LogP contribution < -0.4 is 14.8 Å². The number of thiazole rings is 2. The molecule has 0 saturated heterocycles. The second-order valence-electron chi connectivity index (χ2n) is 5.56. The van der Waals surface area contributed by atoms with E-state index in [1.54, 1.807) is 48.7 Å². The van der Waals surface area contributed by atoms with E-state index >= 15 is 0 Å². The fourth-order valence-electron chi connectivity index (χ4n) is 2.69. The third-order valence-corrected chi connectivity index (χ3v) is 6.46. The van der Waals surface area contributed by atoms with Crippen molar-refractivity contribution in [2.75, 3.05) is 25.8 Å². The molecular formula is C19H17N3O2S3. The number of fused-ring (bicyclic) bond motifs is 1. The minimum atomic E-state index is 0.688. The third kappa shape index (κ3) is 3.60. The first-order valence-corrected chi connectivity index (χ1v) is 11.0. The summed E-state index contributed by atoms with van der Waals surface area (Å²) in [7, 11) is 3.26. The molecule has 138 valence electrons. The second kappa shape index (κ2) is 7.75. The van der Waals surface area contributed by atoms with Gasteiger partial charge in [0.05, 0.1) is 30.1 Å². The van der Waals surface area contributed by atoms with Gasteiger partial charge in [0, 0.05) is 15.8 Å². The minimum Gasteiger partial charge on any atom is -0.493 e. The Morgan fingerprint density at radius 3 is 2.63 bits per heavy atom. The van der Waals surface area contributed by atoms with Gasteiger partial charge in [-0.15, -0.1) is 23.1 Å². The number of aromatic nitrogens is 2. The molecule has 0 radical (unpaired) electrons. The number of anilines is 2. The van der Waals surface area contributed by atoms with Crippen LogP contribution in [0.3, 0.4) is 0 Å². The monoisotopic (exact) mass is 415 g/mol. The minimum absolute atomic E-state index is 0.688. The van der Waals surface area contributed by atoms with Crippen LogP contribution in [0.2, 0.25) is 0 Å². The van der Waals surface area contributed by atoms with Crippen molar-refractivity contribution in [3.8, 4) is 22.8 Å². The van der Waals surface area contributed by atoms with E-state index in [4.69, 9.17) is 19.4 Å². The van der Waals surface area contributed by atoms with Crippen molar-refractivity contribution in [3.63, 3.8) is 0 Å². The van der Waals surface area contributed by atoms with Gasteiger partial charge in [-0.05, 0) is 36.6 Å². The Balaban J connectivity index is 1.60. The van der Waals surface area contributed by atoms with E-state index in [0.29, 0.717) is 11.5 Å². The van der Waals surface area contributed by atoms with Gasteiger partial charge >= 0.3 is 0 Å². The highest BCUT2D eigenvalue weighted by Gasteiger charge is 2.12. The summed E-state index contributed by atoms with van der Waals surface area (Å²) in [6.07, 6.45) is 2.07. The molecule has 0 atom stereocenters. The van der Waals surface area contributed by atoms with E-state index in [1.165, 1.54) is 9.60 Å². The SMILES string of the molecule is COc1ccc(-c2csc(Nc3nc4c(SC)cccc4s3)n2)cc1OC. The molecule has 0 spiro atoms. The summed E-state index contributed by atoms with van der Waals surface area (Å²) < 4.78 is 11.8. The summed E-state index contributed by atoms with van der Waals surface area (Å²) >= 11 is 4.89. The molecule has 5 nitrogen and oxygen atoms in total. The number of nitrogens with one attached hydrogen (secondary N) is 1. The van der Waals surface area contributed by atoms with Crippen LogP contribution in [0, 0.1) is 0 Å². The summed E-state index contributed by atoms with van der Waals surface area (Å²) in [5.41, 5.74) is 2.90. The molecule has 0 aliphatic carbocycles. The fraction of sp³-hybridized carbons (Fsp3) is 0.158. The van der Waals surface area contributed by atoms with Crippen LogP contribution in [0.25, 0.3) is 21.5 Å². The molecule has 0 unspecified atom stereocenters. The van der Waals surface area contributed by atoms with Crippen LogP contribution in [0.5, 0.6) is 11.5 Å². The first-order chi connectivity index (χ1) is 13.2. The Hall–Kier alpha value is -2.29. The molecule has 4 rings (SSSR count). The summed E-state index contributed by atoms with van der Waals surface area (Å²) in [5.74, 6) is 1.39. The number of hydrogen-bond donors (Lipinski definition) is 1. The van der Waals surface area contributed by atoms with Gasteiger partial charge < -0.3 is 14.8 Å². The molecule has 0 aliphatic rings. The van der Waals surface area contributed by atoms with E-state index in [0.717, 1.165) is 27.0 Å². The maximum absolute atomic E-state index is 5.38. The normalized spacial score (nSPS) is 10.9. The number of para-hydroxylation sites is 1. The third-order valence-electron chi connectivity index (χ3n) is 4.00. The Bertz CT molecular complexity index is 1090. The number of benzene rings is 2. The molecule has 4 aromatic rings. The maximum Gasteiger partial charge on any atom is 0.190 e. The molecule has 8 heteroatoms. The van der Waals surface area contributed by atoms with Gasteiger partial charge in [0.15, 0.2) is 21.8 Å². The lowest BCUT2D eigenvalue weighted by Gasteiger charge is -2.08. The first-order valence-electron chi connectivity index (χ1n) is 8.10. The van der Waals surface area contributed by atoms with Gasteiger partial charge in [0.1, 0.15) is 0 Å². The zero-order valence-electron chi connectivity index (χ0n) is 15.0. The standard InChI is InChI=1S/C19H17N3O2S3/c1-23-13-8-7-11(9-14(13)24-2)12-10-26-18(20-12)22-19-21-17-15(25-3)5-4-6-16(17)27-19/h4-10H,1-3H3,(H,20,21,22). The van der Waals surface area contributed by atoms with Crippen molar-refractivity contribution in [2.24, 2.45) is 0 Å². The van der Waals surface area contributed by atoms with Crippen molar-refractivity contribution in [1.82, 2.24) is 9.97 Å². The number of thioether (sulfide) groups is 1. The van der Waals surface area contributed by atoms with Crippen LogP contribution in [-0.2, 0) is 0 Å². The van der Waals surface area contributed by atoms with Gasteiger partial charge in [0.2, 0.25) is 0 Å². The molecular weight excluding hydrogens is 398 g/mol. The molecule has 2 heterocycles. The number of methoxy groups -OCH3 is 2. The average Bonchev–Trinajstić information content (AvgIpc) is 3.33. The molecule has 1 N–H and O–H groups in total. The molecule has 0 saturated carbocycles. The van der Waals surface area contributed by atoms with Crippen molar-refractivity contribution in [2.45, 2.75) is 4.90 Å². The highest BCUT2D eigenvalue weighted by molar-refractivity contribution is 7.98. The van der Waals surface area contributed by atoms with Crippen molar-refractivity contribution < 1.29 is 9.47 Å². The fourth-order valence-corrected chi connectivity index (χ4v) is 5.00. The largest absolute Gasteiger partial charge is 0.493 e. The van der Waals surface area contributed by atoms with Crippen molar-refractivity contribution in [1.29, 1.82) is 0 Å². The van der Waals surface area contributed by atoms with Crippen LogP contribution in [0.1, 0.15) is 0 Å². The Labute approximate surface area is 169 Å². The van der Waals surface area contributed by atoms with Crippen molar-refractivity contribution in [3.05, 3.63) is 41.8 Å². The van der Waals surface area contributed by atoms with Gasteiger partial charge in [-0.1, -0.05) is 17.4 Å². The van der Waals surface area contributed by atoms with Crippen LogP contribution >= 0.6 is 34.4 Å². The van der Waals surface area contributed by atoms with Gasteiger partial charge in [-0.25, -0.2) is 9.97 Å². The zero-order valence-corrected chi connectivity index (χ0v) is 17.4. The van der Waals surface area contributed by atoms with E-state index in [9.17, 15) is 0 Å². The lowest BCUT2D eigenvalue weighted by molar-refractivity contribution is 0.355. The predicted octanol–water partition coefficient (Wildman–Crippen LogP) is 5.90. The van der Waals surface area contributed by atoms with E-state index in [2.05, 4.69) is 29.8 Å². The van der Waals surface area contributed by atoms with E-state index in [1.807, 2.05) is 23.6 Å². The summed E-state index contributed by atoms with van der Waals surface area (Å²) in [5, 5.41) is 7.01. The highest BCUT2D eigenvalue weighted by atomic mass is 32.2. The molecule has 2 aromatic heterocycles. The van der Waals surface area contributed by atoms with Gasteiger partial charge in [-0.2, -0.15) is 0 Å². The molecule has 0 bridgehead atoms. The zero-order chi connectivity index (χ0) is 18.8. The first kappa shape index (κ1) is 18.1. The average molecular weight is 416 g/mol. The van der Waals surface area contributed by atoms with Gasteiger partial charge in [0.25, 0.3) is 0 Å². The van der Waals surface area contributed by atoms with E-state index < -0.39 is 0 Å². The van der Waals surface area contributed by atoms with Crippen LogP contribution in [0.15, 0.2) is 46.7 Å². The molecule has 2 aromatic carbocycles. The molecule has 27 heavy (non-hydrogen) atoms. The maximum atomic E-state index is 5.38. The second-order valence-corrected chi connectivity index (χ2v) is 8.30. The summed E-state index contributed by atoms with van der Waals surface area (Å²) in [6.45, 7) is 0. The quantitative estimate of drug-likeness (QED) is 0.396. The molecule has 0 amide bonds. The Kier molecular flexibility index (Phi) is 5.20. The predicted molar refractivity (Wildman–Crippen MR) is 115 cm³/mol. The summed E-state index contributed by atoms with van der Waals surface area (Å²) in [6, 6.07) is 12.0. The highest BCUT2D eigenvalue weighted by Crippen LogP contribution is 2.36. The lowest BCUT2D eigenvalue weighted by atomic mass is 10.1. The molecule has 0 aliphatic heterocycles. The number of ether oxygens (including phenoxy) is 2. The van der Waals surface area contributed by atoms with Crippen LogP contribution in [-0.4, -0.2) is 30.4 Å². The topological polar surface area (TPSA) is 56.3 Å². The Morgan fingerprint density at radius 2 is 1.85 bits per heavy atom. The molecule has 0 fully saturated rings. The Morgan fingerprint density at radius 1 is 1.00 bits per heavy atom. The summed E-state index contributed by atoms with van der Waals surface area (Å²) in [4.78, 5) is 10.6. The lowest BCUT2D eigenvalue weighted by Crippen LogP contribution is -1.91. The van der Waals surface area contributed by atoms with Crippen LogP contribution in [0.4, 0.5) is 10.3 Å². The number of rotatable bonds is 6.